The van der Waals surface area contributed by atoms with E-state index in [1.807, 2.05) is 39.5 Å². The maximum Gasteiger partial charge on any atom is 0.249 e. The zero-order valence-corrected chi connectivity index (χ0v) is 13.1. The molecule has 20 heavy (non-hydrogen) atoms. The lowest BCUT2D eigenvalue weighted by molar-refractivity contribution is -0.160. The van der Waals surface area contributed by atoms with E-state index in [1.54, 1.807) is 0 Å². The lowest BCUT2D eigenvalue weighted by Gasteiger charge is -2.48. The van der Waals surface area contributed by atoms with Gasteiger partial charge in [0.25, 0.3) is 0 Å². The van der Waals surface area contributed by atoms with Crippen molar-refractivity contribution in [2.75, 3.05) is 6.61 Å². The van der Waals surface area contributed by atoms with Gasteiger partial charge in [0, 0.05) is 6.61 Å². The van der Waals surface area contributed by atoms with Crippen molar-refractivity contribution in [3.8, 4) is 0 Å². The summed E-state index contributed by atoms with van der Waals surface area (Å²) in [5.41, 5.74) is -0.787. The zero-order valence-electron chi connectivity index (χ0n) is 13.1. The molecule has 5 heteroatoms. The molecule has 2 fully saturated rings. The molecule has 5 nitrogen and oxygen atoms in total. The number of hydrogen-bond acceptors (Lipinski definition) is 3. The molecule has 2 rings (SSSR count). The number of ether oxygens (including phenoxy) is 1. The second kappa shape index (κ2) is 5.35. The van der Waals surface area contributed by atoms with Gasteiger partial charge in [-0.1, -0.05) is 20.8 Å². The third-order valence-electron chi connectivity index (χ3n) is 4.71. The molecule has 4 atom stereocenters. The molecule has 0 saturated carbocycles. The highest BCUT2D eigenvalue weighted by atomic mass is 16.5. The van der Waals surface area contributed by atoms with Crippen LogP contribution in [0.25, 0.3) is 0 Å². The summed E-state index contributed by atoms with van der Waals surface area (Å²) >= 11 is 0. The average molecular weight is 282 g/mol. The standard InChI is InChI=1S/C15H26N2O3/c1-6-15(5)14(19)17(11-7-8-20-10(11)4)12(9(2)3)13(18)16-15/h9-12H,6-8H2,1-5H3,(H,16,18). The molecular weight excluding hydrogens is 256 g/mol. The highest BCUT2D eigenvalue weighted by molar-refractivity contribution is 5.99. The van der Waals surface area contributed by atoms with Crippen molar-refractivity contribution in [3.05, 3.63) is 0 Å². The molecule has 114 valence electrons. The molecule has 2 aliphatic rings. The van der Waals surface area contributed by atoms with Gasteiger partial charge < -0.3 is 15.0 Å². The molecule has 0 aromatic carbocycles. The van der Waals surface area contributed by atoms with E-state index in [0.717, 1.165) is 6.42 Å². The topological polar surface area (TPSA) is 58.6 Å². The molecule has 1 N–H and O–H groups in total. The SMILES string of the molecule is CCC1(C)NC(=O)C(C(C)C)N(C2CCOC2C)C1=O. The van der Waals surface area contributed by atoms with Crippen LogP contribution in [0.15, 0.2) is 0 Å². The van der Waals surface area contributed by atoms with Crippen LogP contribution in [-0.2, 0) is 14.3 Å². The Balaban J connectivity index is 2.39. The number of carbonyl (C=O) groups excluding carboxylic acids is 2. The van der Waals surface area contributed by atoms with E-state index in [1.165, 1.54) is 0 Å². The van der Waals surface area contributed by atoms with Crippen molar-refractivity contribution in [3.63, 3.8) is 0 Å². The Morgan fingerprint density at radius 1 is 1.45 bits per heavy atom. The molecule has 0 aromatic rings. The molecule has 2 saturated heterocycles. The zero-order chi connectivity index (χ0) is 15.1. The average Bonchev–Trinajstić information content (AvgIpc) is 2.79. The monoisotopic (exact) mass is 282 g/mol. The van der Waals surface area contributed by atoms with Crippen molar-refractivity contribution in [2.45, 2.75) is 71.2 Å². The van der Waals surface area contributed by atoms with Crippen LogP contribution in [0.2, 0.25) is 0 Å². The first kappa shape index (κ1) is 15.3. The number of carbonyl (C=O) groups is 2. The Hall–Kier alpha value is -1.10. The number of hydrogen-bond donors (Lipinski definition) is 1. The minimum absolute atomic E-state index is 0.00632. The second-order valence-electron chi connectivity index (χ2n) is 6.51. The van der Waals surface area contributed by atoms with E-state index < -0.39 is 11.6 Å². The Morgan fingerprint density at radius 3 is 2.55 bits per heavy atom. The first-order chi connectivity index (χ1) is 9.31. The summed E-state index contributed by atoms with van der Waals surface area (Å²) in [4.78, 5) is 27.2. The maximum atomic E-state index is 12.9. The van der Waals surface area contributed by atoms with Gasteiger partial charge in [-0.05, 0) is 32.6 Å². The summed E-state index contributed by atoms with van der Waals surface area (Å²) in [5, 5.41) is 2.92. The van der Waals surface area contributed by atoms with Gasteiger partial charge in [-0.2, -0.15) is 0 Å². The van der Waals surface area contributed by atoms with Crippen molar-refractivity contribution >= 4 is 11.8 Å². The fourth-order valence-electron chi connectivity index (χ4n) is 3.24. The Morgan fingerprint density at radius 2 is 2.10 bits per heavy atom. The fourth-order valence-corrected chi connectivity index (χ4v) is 3.24. The van der Waals surface area contributed by atoms with E-state index >= 15 is 0 Å². The first-order valence-corrected chi connectivity index (χ1v) is 7.58. The molecule has 2 heterocycles. The molecule has 0 radical (unpaired) electrons. The summed E-state index contributed by atoms with van der Waals surface area (Å²) in [7, 11) is 0. The van der Waals surface area contributed by atoms with E-state index in [-0.39, 0.29) is 29.9 Å². The molecule has 2 aliphatic heterocycles. The Bertz CT molecular complexity index is 410. The fraction of sp³-hybridized carbons (Fsp3) is 0.867. The van der Waals surface area contributed by atoms with Crippen LogP contribution in [0.1, 0.15) is 47.5 Å². The molecule has 0 aliphatic carbocycles. The van der Waals surface area contributed by atoms with Crippen molar-refractivity contribution in [1.29, 1.82) is 0 Å². The quantitative estimate of drug-likeness (QED) is 0.849. The number of nitrogens with one attached hydrogen (secondary N) is 1. The van der Waals surface area contributed by atoms with Gasteiger partial charge in [0.1, 0.15) is 11.6 Å². The van der Waals surface area contributed by atoms with Crippen LogP contribution in [0, 0.1) is 5.92 Å². The molecule has 4 unspecified atom stereocenters. The summed E-state index contributed by atoms with van der Waals surface area (Å²) in [6, 6.07) is -0.386. The summed E-state index contributed by atoms with van der Waals surface area (Å²) < 4.78 is 5.61. The predicted molar refractivity (Wildman–Crippen MR) is 76.1 cm³/mol. The number of piperazine rings is 1. The van der Waals surface area contributed by atoms with Crippen molar-refractivity contribution in [1.82, 2.24) is 10.2 Å². The molecule has 2 amide bonds. The van der Waals surface area contributed by atoms with Gasteiger partial charge in [-0.15, -0.1) is 0 Å². The van der Waals surface area contributed by atoms with Crippen LogP contribution in [0.3, 0.4) is 0 Å². The third-order valence-corrected chi connectivity index (χ3v) is 4.71. The summed E-state index contributed by atoms with van der Waals surface area (Å²) in [6.45, 7) is 10.4. The van der Waals surface area contributed by atoms with Crippen LogP contribution >= 0.6 is 0 Å². The van der Waals surface area contributed by atoms with Crippen LogP contribution < -0.4 is 5.32 Å². The lowest BCUT2D eigenvalue weighted by Crippen LogP contribution is -2.72. The summed E-state index contributed by atoms with van der Waals surface area (Å²) in [5.74, 6) is 0.0804. The lowest BCUT2D eigenvalue weighted by atomic mass is 9.86. The molecule has 0 aromatic heterocycles. The van der Waals surface area contributed by atoms with Gasteiger partial charge >= 0.3 is 0 Å². The highest BCUT2D eigenvalue weighted by Gasteiger charge is 2.51. The van der Waals surface area contributed by atoms with Gasteiger partial charge in [0.2, 0.25) is 11.8 Å². The first-order valence-electron chi connectivity index (χ1n) is 7.58. The minimum Gasteiger partial charge on any atom is -0.376 e. The Labute approximate surface area is 121 Å². The number of amides is 2. The molecule has 0 bridgehead atoms. The second-order valence-corrected chi connectivity index (χ2v) is 6.51. The van der Waals surface area contributed by atoms with Crippen molar-refractivity contribution < 1.29 is 14.3 Å². The highest BCUT2D eigenvalue weighted by Crippen LogP contribution is 2.31. The molecule has 0 spiro atoms. The van der Waals surface area contributed by atoms with E-state index in [2.05, 4.69) is 5.32 Å². The van der Waals surface area contributed by atoms with Gasteiger partial charge in [-0.25, -0.2) is 0 Å². The van der Waals surface area contributed by atoms with Crippen LogP contribution in [-0.4, -0.2) is 47.0 Å². The van der Waals surface area contributed by atoms with E-state index in [4.69, 9.17) is 4.74 Å². The molecular formula is C15H26N2O3. The van der Waals surface area contributed by atoms with Crippen LogP contribution in [0.5, 0.6) is 0 Å². The van der Waals surface area contributed by atoms with E-state index in [0.29, 0.717) is 13.0 Å². The Kier molecular flexibility index (Phi) is 4.09. The number of rotatable bonds is 3. The largest absolute Gasteiger partial charge is 0.376 e. The van der Waals surface area contributed by atoms with Crippen LogP contribution in [0.4, 0.5) is 0 Å². The summed E-state index contributed by atoms with van der Waals surface area (Å²) in [6.07, 6.45) is 1.40. The maximum absolute atomic E-state index is 12.9. The van der Waals surface area contributed by atoms with Gasteiger partial charge in [0.15, 0.2) is 0 Å². The smallest absolute Gasteiger partial charge is 0.249 e. The number of nitrogens with zero attached hydrogens (tertiary/aromatic N) is 1. The third kappa shape index (κ3) is 2.32. The predicted octanol–water partition coefficient (Wildman–Crippen LogP) is 1.32. The van der Waals surface area contributed by atoms with E-state index in [9.17, 15) is 9.59 Å². The van der Waals surface area contributed by atoms with Crippen molar-refractivity contribution in [2.24, 2.45) is 5.92 Å². The van der Waals surface area contributed by atoms with Gasteiger partial charge in [-0.3, -0.25) is 9.59 Å². The normalized spacial score (nSPS) is 38.5. The van der Waals surface area contributed by atoms with Gasteiger partial charge in [0.05, 0.1) is 12.1 Å². The minimum atomic E-state index is -0.787.